The number of likely N-dealkylation sites (tertiary alicyclic amines) is 1. The predicted molar refractivity (Wildman–Crippen MR) is 294 cm³/mol. The van der Waals surface area contributed by atoms with Crippen LogP contribution in [0.1, 0.15) is 72.3 Å². The molecule has 3 aromatic rings. The number of nitrogens with one attached hydrogen (secondary N) is 1. The first kappa shape index (κ1) is 67.3. The van der Waals surface area contributed by atoms with Gasteiger partial charge in [0.25, 0.3) is 17.7 Å². The molecule has 460 valence electrons. The van der Waals surface area contributed by atoms with E-state index in [1.807, 2.05) is 30.3 Å². The van der Waals surface area contributed by atoms with Crippen LogP contribution in [0.2, 0.25) is 0 Å². The summed E-state index contributed by atoms with van der Waals surface area (Å²) in [5.74, 6) is -4.40. The van der Waals surface area contributed by atoms with Crippen LogP contribution in [0.3, 0.4) is 0 Å². The molecule has 2 aromatic carbocycles. The number of imidazole rings is 1. The molecule has 1 fully saturated rings. The molecule has 5 amide bonds. The van der Waals surface area contributed by atoms with Gasteiger partial charge in [0, 0.05) is 62.9 Å². The van der Waals surface area contributed by atoms with E-state index < -0.39 is 70.9 Å². The fourth-order valence-electron chi connectivity index (χ4n) is 8.93. The molecule has 1 saturated heterocycles. The van der Waals surface area contributed by atoms with Gasteiger partial charge in [0.15, 0.2) is 6.10 Å². The van der Waals surface area contributed by atoms with Crippen LogP contribution in [0.25, 0.3) is 11.3 Å². The van der Waals surface area contributed by atoms with Crippen molar-refractivity contribution in [2.45, 2.75) is 85.4 Å². The molecule has 2 unspecified atom stereocenters. The Hall–Kier alpha value is -6.48. The van der Waals surface area contributed by atoms with Crippen molar-refractivity contribution >= 4 is 35.9 Å². The van der Waals surface area contributed by atoms with Crippen molar-refractivity contribution in [2.75, 3.05) is 132 Å². The van der Waals surface area contributed by atoms with Crippen LogP contribution >= 0.6 is 0 Å². The van der Waals surface area contributed by atoms with Gasteiger partial charge in [0.2, 0.25) is 0 Å². The molecule has 4 atom stereocenters. The average Bonchev–Trinajstić information content (AvgIpc) is 3.03. The topological polar surface area (TPSA) is 234 Å². The van der Waals surface area contributed by atoms with Gasteiger partial charge in [-0.05, 0) is 63.3 Å². The number of amides is 5. The summed E-state index contributed by atoms with van der Waals surface area (Å²) in [6, 6.07) is 11.0. The molecule has 0 aliphatic carbocycles. The van der Waals surface area contributed by atoms with Crippen LogP contribution in [0.15, 0.2) is 66.9 Å². The Bertz CT molecular complexity index is 2550. The molecular formula is C58H81F3N6O16. The van der Waals surface area contributed by atoms with E-state index in [0.29, 0.717) is 66.1 Å². The number of imide groups is 1. The Balaban J connectivity index is 1.09. The van der Waals surface area contributed by atoms with E-state index in [0.717, 1.165) is 35.6 Å². The molecule has 0 radical (unpaired) electrons. The number of halogens is 3. The van der Waals surface area contributed by atoms with Gasteiger partial charge < -0.3 is 67.1 Å². The first-order chi connectivity index (χ1) is 39.6. The van der Waals surface area contributed by atoms with Gasteiger partial charge >= 0.3 is 18.2 Å². The third kappa shape index (κ3) is 23.2. The summed E-state index contributed by atoms with van der Waals surface area (Å²) in [5, 5.41) is 2.65. The van der Waals surface area contributed by atoms with Crippen LogP contribution in [0, 0.1) is 23.0 Å². The molecular weight excluding hydrogens is 1090 g/mol. The third-order valence-corrected chi connectivity index (χ3v) is 13.0. The van der Waals surface area contributed by atoms with E-state index >= 15 is 8.78 Å². The summed E-state index contributed by atoms with van der Waals surface area (Å²) in [5.41, 5.74) is -1.32. The van der Waals surface area contributed by atoms with E-state index in [-0.39, 0.29) is 108 Å². The fourth-order valence-corrected chi connectivity index (χ4v) is 8.93. The van der Waals surface area contributed by atoms with E-state index in [4.69, 9.17) is 52.4 Å². The van der Waals surface area contributed by atoms with Crippen molar-refractivity contribution < 1.29 is 89.3 Å². The molecule has 25 heteroatoms. The lowest BCUT2D eigenvalue weighted by molar-refractivity contribution is -0.161. The minimum Gasteiger partial charge on any atom is -0.453 e. The highest BCUT2D eigenvalue weighted by Crippen LogP contribution is 2.44. The maximum atomic E-state index is 16.3. The molecule has 1 N–H and O–H groups in total. The molecule has 3 heterocycles. The van der Waals surface area contributed by atoms with Crippen LogP contribution in [-0.4, -0.2) is 210 Å². The quantitative estimate of drug-likeness (QED) is 0.0298. The normalized spacial score (nSPS) is 16.1. The van der Waals surface area contributed by atoms with Crippen LogP contribution in [0.4, 0.5) is 22.8 Å². The zero-order valence-corrected chi connectivity index (χ0v) is 48.6. The fraction of sp³-hybridized carbons (Fsp3) is 0.603. The van der Waals surface area contributed by atoms with Crippen molar-refractivity contribution in [3.63, 3.8) is 0 Å². The van der Waals surface area contributed by atoms with E-state index in [2.05, 4.69) is 5.32 Å². The van der Waals surface area contributed by atoms with E-state index in [1.165, 1.54) is 28.9 Å². The van der Waals surface area contributed by atoms with Gasteiger partial charge in [0.05, 0.1) is 124 Å². The summed E-state index contributed by atoms with van der Waals surface area (Å²) in [6.45, 7) is 15.3. The van der Waals surface area contributed by atoms with Gasteiger partial charge in [0.1, 0.15) is 29.2 Å². The number of carbonyl (C=O) groups excluding carboxylic acids is 6. The molecule has 0 bridgehead atoms. The summed E-state index contributed by atoms with van der Waals surface area (Å²) >= 11 is 0. The number of carbonyl (C=O) groups is 6. The van der Waals surface area contributed by atoms with Gasteiger partial charge in [-0.2, -0.15) is 0 Å². The molecule has 0 saturated carbocycles. The zero-order chi connectivity index (χ0) is 60.4. The SMILES string of the molecule is CC(=O)O[C@@H](C)C(=O)N(CC1CN(C(=O)OC(C)(C)C)CC1F)[C@@H](c1nc(-c2cc(F)ccc2F)cn1Cc1ccccc1)C(C)(C)CCOC(=O)NCCOCCOCCOCCOCCOCCOCCOCCN1C(=O)C=CC1=O. The van der Waals surface area contributed by atoms with Crippen molar-refractivity contribution in [3.8, 4) is 11.3 Å². The lowest BCUT2D eigenvalue weighted by atomic mass is 9.79. The largest absolute Gasteiger partial charge is 0.453 e. The summed E-state index contributed by atoms with van der Waals surface area (Å²) in [7, 11) is 0. The predicted octanol–water partition coefficient (Wildman–Crippen LogP) is 6.09. The number of rotatable bonds is 37. The number of alkyl carbamates (subject to hydrolysis) is 1. The van der Waals surface area contributed by atoms with Gasteiger partial charge in [-0.25, -0.2) is 27.7 Å². The molecule has 2 aliphatic rings. The summed E-state index contributed by atoms with van der Waals surface area (Å²) < 4.78 is 103. The Morgan fingerprint density at radius 2 is 1.30 bits per heavy atom. The minimum atomic E-state index is -1.62. The Kier molecular flexibility index (Phi) is 27.8. The zero-order valence-electron chi connectivity index (χ0n) is 48.6. The number of benzene rings is 2. The van der Waals surface area contributed by atoms with E-state index in [9.17, 15) is 33.2 Å². The standard InChI is InChI=1S/C58H81F3N6O16/c1-41(82-42(2)68)54(71)67(38-44-37-65(39-48(44)61)56(73)83-57(3,4)5)52(53-63-49(46-35-45(59)13-14-47(46)60)40-64(53)36-43-11-9-8-10-12-43)58(6,7)17-20-81-55(72)62-18-21-74-23-25-76-27-29-78-31-33-80-34-32-79-30-28-77-26-24-75-22-19-66-50(69)15-16-51(66)70/h8-16,35,40-41,44,48,52H,17-34,36-39H2,1-7H3,(H,62,72)/t41-,44?,48?,52-/m0/s1. The lowest BCUT2D eigenvalue weighted by Gasteiger charge is -2.43. The number of ether oxygens (including phenoxy) is 10. The first-order valence-electron chi connectivity index (χ1n) is 27.8. The molecule has 0 spiro atoms. The van der Waals surface area contributed by atoms with Crippen molar-refractivity contribution in [1.82, 2.24) is 29.6 Å². The van der Waals surface area contributed by atoms with Crippen molar-refractivity contribution in [3.05, 3.63) is 89.9 Å². The van der Waals surface area contributed by atoms with Crippen LogP contribution in [0.5, 0.6) is 0 Å². The number of nitrogens with zero attached hydrogens (tertiary/aromatic N) is 5. The maximum absolute atomic E-state index is 16.3. The highest BCUT2D eigenvalue weighted by molar-refractivity contribution is 6.12. The molecule has 83 heavy (non-hydrogen) atoms. The number of hydrogen-bond donors (Lipinski definition) is 1. The lowest BCUT2D eigenvalue weighted by Crippen LogP contribution is -2.50. The molecule has 2 aliphatic heterocycles. The van der Waals surface area contributed by atoms with Gasteiger partial charge in [-0.15, -0.1) is 0 Å². The van der Waals surface area contributed by atoms with Crippen molar-refractivity contribution in [1.29, 1.82) is 0 Å². The first-order valence-corrected chi connectivity index (χ1v) is 27.8. The maximum Gasteiger partial charge on any atom is 0.410 e. The Labute approximate surface area is 483 Å². The van der Waals surface area contributed by atoms with E-state index in [1.54, 1.807) is 45.4 Å². The number of alkyl halides is 1. The summed E-state index contributed by atoms with van der Waals surface area (Å²) in [4.78, 5) is 85.1. The smallest absolute Gasteiger partial charge is 0.410 e. The van der Waals surface area contributed by atoms with Gasteiger partial charge in [-0.3, -0.25) is 24.1 Å². The summed E-state index contributed by atoms with van der Waals surface area (Å²) in [6.07, 6.45) is -0.408. The highest BCUT2D eigenvalue weighted by atomic mass is 19.1. The number of esters is 1. The second-order valence-electron chi connectivity index (χ2n) is 21.3. The Morgan fingerprint density at radius 1 is 0.747 bits per heavy atom. The molecule has 22 nitrogen and oxygen atoms in total. The Morgan fingerprint density at radius 3 is 1.86 bits per heavy atom. The highest BCUT2D eigenvalue weighted by Gasteiger charge is 2.47. The second kappa shape index (κ2) is 34.3. The third-order valence-electron chi connectivity index (χ3n) is 13.0. The minimum absolute atomic E-state index is 0.0379. The van der Waals surface area contributed by atoms with Crippen LogP contribution < -0.4 is 5.32 Å². The molecule has 5 rings (SSSR count). The van der Waals surface area contributed by atoms with Crippen LogP contribution in [-0.2, 0) is 73.1 Å². The van der Waals surface area contributed by atoms with Crippen molar-refractivity contribution in [2.24, 2.45) is 11.3 Å². The molecule has 1 aromatic heterocycles. The number of hydrogen-bond acceptors (Lipinski definition) is 17. The average molecular weight is 1180 g/mol. The number of aromatic nitrogens is 2. The van der Waals surface area contributed by atoms with Gasteiger partial charge in [-0.1, -0.05) is 44.2 Å². The monoisotopic (exact) mass is 1170 g/mol. The second-order valence-corrected chi connectivity index (χ2v) is 21.3.